The number of guanidine groups is 1. The van der Waals surface area contributed by atoms with E-state index < -0.39 is 0 Å². The van der Waals surface area contributed by atoms with E-state index in [1.807, 2.05) is 24.3 Å². The van der Waals surface area contributed by atoms with Gasteiger partial charge in [0.05, 0.1) is 5.69 Å². The zero-order valence-corrected chi connectivity index (χ0v) is 16.3. The van der Waals surface area contributed by atoms with Gasteiger partial charge in [-0.2, -0.15) is 0 Å². The van der Waals surface area contributed by atoms with E-state index >= 15 is 0 Å². The van der Waals surface area contributed by atoms with Gasteiger partial charge in [0.1, 0.15) is 5.75 Å². The van der Waals surface area contributed by atoms with Crippen LogP contribution in [0.25, 0.3) is 0 Å². The van der Waals surface area contributed by atoms with E-state index in [4.69, 9.17) is 4.99 Å². The monoisotopic (exact) mass is 353 g/mol. The fourth-order valence-corrected chi connectivity index (χ4v) is 2.48. The maximum Gasteiger partial charge on any atom is 0.196 e. The number of phenols is 1. The van der Waals surface area contributed by atoms with Gasteiger partial charge in [-0.25, -0.2) is 0 Å². The summed E-state index contributed by atoms with van der Waals surface area (Å²) in [5.41, 5.74) is 2.09. The number of nitrogens with one attached hydrogen (secondary N) is 2. The second-order valence-corrected chi connectivity index (χ2v) is 7.94. The van der Waals surface area contributed by atoms with Crippen LogP contribution in [-0.4, -0.2) is 23.7 Å². The molecular formula is C22H31N3O. The molecule has 0 heterocycles. The molecule has 1 atom stereocenters. The summed E-state index contributed by atoms with van der Waals surface area (Å²) in [6, 6.07) is 18.0. The minimum Gasteiger partial charge on any atom is -0.506 e. The minimum atomic E-state index is 0.0978. The molecule has 1 unspecified atom stereocenters. The molecule has 0 aromatic heterocycles. The van der Waals surface area contributed by atoms with E-state index in [2.05, 4.69) is 62.6 Å². The molecule has 2 aromatic rings. The average molecular weight is 354 g/mol. The Morgan fingerprint density at radius 2 is 1.69 bits per heavy atom. The van der Waals surface area contributed by atoms with Gasteiger partial charge in [-0.15, -0.1) is 0 Å². The zero-order chi connectivity index (χ0) is 19.0. The van der Waals surface area contributed by atoms with Crippen LogP contribution in [0.2, 0.25) is 0 Å². The average Bonchev–Trinajstić information content (AvgIpc) is 2.60. The summed E-state index contributed by atoms with van der Waals surface area (Å²) in [6.45, 7) is 9.33. The lowest BCUT2D eigenvalue weighted by Crippen LogP contribution is -2.38. The Kier molecular flexibility index (Phi) is 7.07. The first-order chi connectivity index (χ1) is 12.3. The van der Waals surface area contributed by atoms with Crippen LogP contribution < -0.4 is 10.6 Å². The number of hydrogen-bond acceptors (Lipinski definition) is 2. The summed E-state index contributed by atoms with van der Waals surface area (Å²) in [7, 11) is 0. The largest absolute Gasteiger partial charge is 0.506 e. The number of nitrogens with zero attached hydrogens (tertiary/aromatic N) is 1. The van der Waals surface area contributed by atoms with E-state index in [0.29, 0.717) is 18.2 Å². The van der Waals surface area contributed by atoms with Gasteiger partial charge in [-0.3, -0.25) is 4.99 Å². The van der Waals surface area contributed by atoms with Crippen LogP contribution in [0.4, 0.5) is 5.69 Å². The van der Waals surface area contributed by atoms with Crippen LogP contribution in [0, 0.1) is 5.41 Å². The molecule has 140 valence electrons. The van der Waals surface area contributed by atoms with E-state index in [1.54, 1.807) is 6.07 Å². The topological polar surface area (TPSA) is 56.7 Å². The van der Waals surface area contributed by atoms with Gasteiger partial charge in [0.15, 0.2) is 5.96 Å². The van der Waals surface area contributed by atoms with Crippen LogP contribution in [0.5, 0.6) is 5.75 Å². The van der Waals surface area contributed by atoms with Crippen LogP contribution in [0.3, 0.4) is 0 Å². The smallest absolute Gasteiger partial charge is 0.196 e. The fraction of sp³-hybridized carbons (Fsp3) is 0.409. The van der Waals surface area contributed by atoms with Crippen molar-refractivity contribution in [2.24, 2.45) is 10.4 Å². The lowest BCUT2D eigenvalue weighted by molar-refractivity contribution is 0.428. The molecule has 0 saturated carbocycles. The Balaban J connectivity index is 2.02. The summed E-state index contributed by atoms with van der Waals surface area (Å²) in [5.74, 6) is 0.914. The van der Waals surface area contributed by atoms with Gasteiger partial charge < -0.3 is 15.7 Å². The quantitative estimate of drug-likeness (QED) is 0.396. The molecule has 0 amide bonds. The van der Waals surface area contributed by atoms with Crippen molar-refractivity contribution in [1.29, 1.82) is 0 Å². The summed E-state index contributed by atoms with van der Waals surface area (Å²) in [4.78, 5) is 4.71. The molecular weight excluding hydrogens is 322 g/mol. The molecule has 26 heavy (non-hydrogen) atoms. The fourth-order valence-electron chi connectivity index (χ4n) is 2.48. The highest BCUT2D eigenvalue weighted by atomic mass is 16.3. The third-order valence-corrected chi connectivity index (χ3v) is 3.96. The molecule has 0 aliphatic rings. The van der Waals surface area contributed by atoms with E-state index in [-0.39, 0.29) is 17.2 Å². The van der Waals surface area contributed by atoms with Gasteiger partial charge in [-0.05, 0) is 42.9 Å². The van der Waals surface area contributed by atoms with Crippen molar-refractivity contribution in [3.63, 3.8) is 0 Å². The Labute approximate surface area is 157 Å². The molecule has 0 radical (unpaired) electrons. The summed E-state index contributed by atoms with van der Waals surface area (Å²) < 4.78 is 0. The molecule has 0 spiro atoms. The van der Waals surface area contributed by atoms with Crippen molar-refractivity contribution in [3.8, 4) is 5.75 Å². The third kappa shape index (κ3) is 7.18. The maximum atomic E-state index is 10.0. The Bertz CT molecular complexity index is 705. The summed E-state index contributed by atoms with van der Waals surface area (Å²) >= 11 is 0. The number of phenolic OH excluding ortho intramolecular Hbond substituents is 1. The van der Waals surface area contributed by atoms with Gasteiger partial charge in [0.2, 0.25) is 0 Å². The first-order valence-electron chi connectivity index (χ1n) is 9.23. The Morgan fingerprint density at radius 3 is 2.35 bits per heavy atom. The van der Waals surface area contributed by atoms with Gasteiger partial charge in [0, 0.05) is 12.6 Å². The molecule has 3 N–H and O–H groups in total. The van der Waals surface area contributed by atoms with Crippen molar-refractivity contribution in [2.75, 3.05) is 11.9 Å². The Morgan fingerprint density at radius 1 is 1.04 bits per heavy atom. The standard InChI is InChI=1S/C22H31N3O/c1-17(14-15-18-10-6-5-7-11-18)24-21(23-16-22(2,3)4)25-19-12-8-9-13-20(19)26/h5-13,17,26H,14-16H2,1-4H3,(H2,23,24,25). The molecule has 2 rings (SSSR count). The van der Waals surface area contributed by atoms with Gasteiger partial charge in [-0.1, -0.05) is 63.2 Å². The van der Waals surface area contributed by atoms with Crippen LogP contribution in [0.15, 0.2) is 59.6 Å². The minimum absolute atomic E-state index is 0.0978. The first kappa shape index (κ1) is 19.8. The number of benzene rings is 2. The number of anilines is 1. The molecule has 4 nitrogen and oxygen atoms in total. The SMILES string of the molecule is CC(CCc1ccccc1)NC(=NCC(C)(C)C)Nc1ccccc1O. The molecule has 2 aromatic carbocycles. The lowest BCUT2D eigenvalue weighted by atomic mass is 9.97. The summed E-state index contributed by atoms with van der Waals surface area (Å²) in [5, 5.41) is 16.7. The highest BCUT2D eigenvalue weighted by molar-refractivity contribution is 5.95. The number of rotatable bonds is 6. The van der Waals surface area contributed by atoms with Crippen molar-refractivity contribution in [2.45, 2.75) is 46.6 Å². The zero-order valence-electron chi connectivity index (χ0n) is 16.3. The predicted octanol–water partition coefficient (Wildman–Crippen LogP) is 4.82. The highest BCUT2D eigenvalue weighted by Gasteiger charge is 2.12. The third-order valence-electron chi connectivity index (χ3n) is 3.96. The van der Waals surface area contributed by atoms with E-state index in [9.17, 15) is 5.11 Å². The van der Waals surface area contributed by atoms with Crippen molar-refractivity contribution < 1.29 is 5.11 Å². The molecule has 0 aliphatic heterocycles. The molecule has 4 heteroatoms. The van der Waals surface area contributed by atoms with Crippen molar-refractivity contribution >= 4 is 11.6 Å². The number of hydrogen-bond donors (Lipinski definition) is 3. The van der Waals surface area contributed by atoms with Crippen molar-refractivity contribution in [3.05, 3.63) is 60.2 Å². The maximum absolute atomic E-state index is 10.0. The number of aromatic hydroxyl groups is 1. The second kappa shape index (κ2) is 9.27. The van der Waals surface area contributed by atoms with E-state index in [0.717, 1.165) is 12.8 Å². The van der Waals surface area contributed by atoms with Crippen molar-refractivity contribution in [1.82, 2.24) is 5.32 Å². The second-order valence-electron chi connectivity index (χ2n) is 7.94. The van der Waals surface area contributed by atoms with Gasteiger partial charge >= 0.3 is 0 Å². The van der Waals surface area contributed by atoms with Gasteiger partial charge in [0.25, 0.3) is 0 Å². The normalized spacial score (nSPS) is 13.3. The summed E-state index contributed by atoms with van der Waals surface area (Å²) in [6.07, 6.45) is 2.01. The molecule has 0 saturated heterocycles. The lowest BCUT2D eigenvalue weighted by Gasteiger charge is -2.21. The van der Waals surface area contributed by atoms with Crippen LogP contribution >= 0.6 is 0 Å². The predicted molar refractivity (Wildman–Crippen MR) is 111 cm³/mol. The highest BCUT2D eigenvalue weighted by Crippen LogP contribution is 2.21. The molecule has 0 bridgehead atoms. The molecule has 0 aliphatic carbocycles. The number of aliphatic imine (C=N–C) groups is 1. The van der Waals surface area contributed by atoms with Crippen LogP contribution in [0.1, 0.15) is 39.7 Å². The number of para-hydroxylation sites is 2. The number of aryl methyl sites for hydroxylation is 1. The van der Waals surface area contributed by atoms with Crippen LogP contribution in [-0.2, 0) is 6.42 Å². The first-order valence-corrected chi connectivity index (χ1v) is 9.23. The Hall–Kier alpha value is -2.49. The molecule has 0 fully saturated rings. The van der Waals surface area contributed by atoms with E-state index in [1.165, 1.54) is 5.56 Å².